The number of phenolic OH excluding ortho intramolecular Hbond substituents is 1. The number of hydrogen-bond acceptors (Lipinski definition) is 7. The fraction of sp³-hybridized carbons (Fsp3) is 0.273. The van der Waals surface area contributed by atoms with Gasteiger partial charge in [0.05, 0.1) is 18.3 Å². The molecule has 0 fully saturated rings. The molecule has 0 bridgehead atoms. The van der Waals surface area contributed by atoms with E-state index in [4.69, 9.17) is 4.74 Å². The molecule has 0 aliphatic carbocycles. The van der Waals surface area contributed by atoms with Crippen LogP contribution in [-0.2, 0) is 16.6 Å². The van der Waals surface area contributed by atoms with Crippen LogP contribution in [0, 0.1) is 5.92 Å². The quantitative estimate of drug-likeness (QED) is 0.537. The number of anilines is 1. The molecule has 168 valence electrons. The first-order valence-corrected chi connectivity index (χ1v) is 11.4. The summed E-state index contributed by atoms with van der Waals surface area (Å²) in [7, 11) is -2.75. The third-order valence-electron chi connectivity index (χ3n) is 5.32. The van der Waals surface area contributed by atoms with E-state index in [1.807, 2.05) is 13.8 Å². The molecule has 0 radical (unpaired) electrons. The Labute approximate surface area is 184 Å². The summed E-state index contributed by atoms with van der Waals surface area (Å²) in [5.41, 5.74) is -0.227. The molecule has 1 aliphatic heterocycles. The molecule has 10 heteroatoms. The molecule has 0 spiro atoms. The molecule has 0 amide bonds. The molecular weight excluding hydrogens is 434 g/mol. The summed E-state index contributed by atoms with van der Waals surface area (Å²) in [5.74, 6) is -0.197. The van der Waals surface area contributed by atoms with Crippen LogP contribution < -0.4 is 15.6 Å². The number of phenols is 1. The van der Waals surface area contributed by atoms with E-state index in [2.05, 4.69) is 9.71 Å². The van der Waals surface area contributed by atoms with Gasteiger partial charge in [0.2, 0.25) is 0 Å². The van der Waals surface area contributed by atoms with E-state index >= 15 is 0 Å². The number of methoxy groups -OCH3 is 1. The lowest BCUT2D eigenvalue weighted by molar-refractivity contribution is 0.413. The molecular formula is C22H23N3O6S. The SMILES string of the molecule is COc1ccc2c(c1)S(=O)(=O)N=C(c1c(O)c3cc(O)ccc3n(CCC(C)C)c1=O)N2. The lowest BCUT2D eigenvalue weighted by Gasteiger charge is -2.21. The summed E-state index contributed by atoms with van der Waals surface area (Å²) in [6.45, 7) is 4.38. The first-order valence-electron chi connectivity index (χ1n) is 10.0. The van der Waals surface area contributed by atoms with Crippen molar-refractivity contribution in [1.82, 2.24) is 4.57 Å². The van der Waals surface area contributed by atoms with Crippen LogP contribution in [0.1, 0.15) is 25.8 Å². The average molecular weight is 458 g/mol. The van der Waals surface area contributed by atoms with Gasteiger partial charge in [-0.2, -0.15) is 8.42 Å². The van der Waals surface area contributed by atoms with E-state index < -0.39 is 21.3 Å². The molecule has 0 saturated carbocycles. The number of sulfonamides is 1. The number of nitrogens with one attached hydrogen (secondary N) is 1. The Bertz CT molecular complexity index is 1420. The lowest BCUT2D eigenvalue weighted by Crippen LogP contribution is -2.33. The van der Waals surface area contributed by atoms with Crippen molar-refractivity contribution in [2.45, 2.75) is 31.7 Å². The van der Waals surface area contributed by atoms with E-state index in [-0.39, 0.29) is 33.1 Å². The number of ether oxygens (including phenoxy) is 1. The Morgan fingerprint density at radius 1 is 1.16 bits per heavy atom. The highest BCUT2D eigenvalue weighted by Crippen LogP contribution is 2.35. The molecule has 0 saturated heterocycles. The van der Waals surface area contributed by atoms with Gasteiger partial charge in [0, 0.05) is 18.0 Å². The fourth-order valence-corrected chi connectivity index (χ4v) is 4.76. The van der Waals surface area contributed by atoms with Crippen molar-refractivity contribution >= 4 is 32.4 Å². The third-order valence-corrected chi connectivity index (χ3v) is 6.64. The normalized spacial score (nSPS) is 14.7. The smallest absolute Gasteiger partial charge is 0.286 e. The van der Waals surface area contributed by atoms with E-state index in [9.17, 15) is 23.4 Å². The van der Waals surface area contributed by atoms with Crippen LogP contribution in [-0.4, -0.2) is 36.1 Å². The number of amidine groups is 1. The van der Waals surface area contributed by atoms with E-state index in [1.165, 1.54) is 35.9 Å². The second-order valence-corrected chi connectivity index (χ2v) is 9.54. The van der Waals surface area contributed by atoms with Gasteiger partial charge in [0.1, 0.15) is 27.7 Å². The van der Waals surface area contributed by atoms with E-state index in [0.29, 0.717) is 30.1 Å². The van der Waals surface area contributed by atoms with Gasteiger partial charge in [-0.25, -0.2) is 0 Å². The standard InChI is InChI=1S/C22H23N3O6S/c1-12(2)8-9-25-17-7-4-13(26)10-15(17)20(27)19(22(25)28)21-23-16-6-5-14(31-3)11-18(16)32(29,30)24-21/h4-7,10-12,26-27H,8-9H2,1-3H3,(H,23,24). The molecule has 1 aromatic heterocycles. The van der Waals surface area contributed by atoms with Crippen molar-refractivity contribution in [2.24, 2.45) is 10.3 Å². The molecule has 3 aromatic rings. The van der Waals surface area contributed by atoms with Gasteiger partial charge in [0.15, 0.2) is 5.84 Å². The Balaban J connectivity index is 1.97. The van der Waals surface area contributed by atoms with Crippen molar-refractivity contribution in [2.75, 3.05) is 12.4 Å². The molecule has 1 aliphatic rings. The number of pyridine rings is 1. The van der Waals surface area contributed by atoms with Crippen LogP contribution in [0.4, 0.5) is 5.69 Å². The molecule has 0 unspecified atom stereocenters. The zero-order valence-corrected chi connectivity index (χ0v) is 18.6. The van der Waals surface area contributed by atoms with E-state index in [1.54, 1.807) is 12.1 Å². The van der Waals surface area contributed by atoms with Crippen LogP contribution >= 0.6 is 0 Å². The molecule has 3 N–H and O–H groups in total. The summed E-state index contributed by atoms with van der Waals surface area (Å²) in [4.78, 5) is 13.3. The molecule has 2 aromatic carbocycles. The number of hydrogen-bond donors (Lipinski definition) is 3. The van der Waals surface area contributed by atoms with Crippen molar-refractivity contribution < 1.29 is 23.4 Å². The lowest BCUT2D eigenvalue weighted by atomic mass is 10.1. The maximum absolute atomic E-state index is 13.4. The first kappa shape index (κ1) is 21.7. The monoisotopic (exact) mass is 457 g/mol. The Morgan fingerprint density at radius 3 is 2.59 bits per heavy atom. The zero-order chi connectivity index (χ0) is 23.2. The van der Waals surface area contributed by atoms with Crippen LogP contribution in [0.25, 0.3) is 10.9 Å². The first-order chi connectivity index (χ1) is 15.1. The van der Waals surface area contributed by atoms with Gasteiger partial charge in [-0.1, -0.05) is 13.8 Å². The maximum atomic E-state index is 13.4. The van der Waals surface area contributed by atoms with E-state index in [0.717, 1.165) is 0 Å². The summed E-state index contributed by atoms with van der Waals surface area (Å²) in [5, 5.41) is 24.0. The van der Waals surface area contributed by atoms with Crippen molar-refractivity contribution in [3.63, 3.8) is 0 Å². The molecule has 32 heavy (non-hydrogen) atoms. The number of aromatic nitrogens is 1. The maximum Gasteiger partial charge on any atom is 0.286 e. The van der Waals surface area contributed by atoms with Crippen LogP contribution in [0.2, 0.25) is 0 Å². The summed E-state index contributed by atoms with van der Waals surface area (Å²) in [6.07, 6.45) is 0.681. The van der Waals surface area contributed by atoms with Gasteiger partial charge >= 0.3 is 0 Å². The highest BCUT2D eigenvalue weighted by molar-refractivity contribution is 7.90. The number of aromatic hydroxyl groups is 2. The van der Waals surface area contributed by atoms with Crippen molar-refractivity contribution in [1.29, 1.82) is 0 Å². The number of aryl methyl sites for hydroxylation is 1. The number of fused-ring (bicyclic) bond motifs is 2. The third kappa shape index (κ3) is 3.66. The Kier molecular flexibility index (Phi) is 5.33. The summed E-state index contributed by atoms with van der Waals surface area (Å²) in [6, 6.07) is 8.71. The van der Waals surface area contributed by atoms with Gasteiger partial charge in [0.25, 0.3) is 15.6 Å². The van der Waals surface area contributed by atoms with Gasteiger partial charge in [-0.3, -0.25) is 4.79 Å². The number of rotatable bonds is 5. The zero-order valence-electron chi connectivity index (χ0n) is 17.8. The highest BCUT2D eigenvalue weighted by Gasteiger charge is 2.30. The number of benzene rings is 2. The average Bonchev–Trinajstić information content (AvgIpc) is 2.73. The molecule has 0 atom stereocenters. The highest BCUT2D eigenvalue weighted by atomic mass is 32.2. The minimum Gasteiger partial charge on any atom is -0.508 e. The molecule has 9 nitrogen and oxygen atoms in total. The Morgan fingerprint density at radius 2 is 1.91 bits per heavy atom. The fourth-order valence-electron chi connectivity index (χ4n) is 3.63. The van der Waals surface area contributed by atoms with Gasteiger partial charge in [-0.15, -0.1) is 4.40 Å². The molecule has 2 heterocycles. The van der Waals surface area contributed by atoms with Gasteiger partial charge in [-0.05, 0) is 42.7 Å². The van der Waals surface area contributed by atoms with Crippen molar-refractivity contribution in [3.8, 4) is 17.2 Å². The number of nitrogens with zero attached hydrogens (tertiary/aromatic N) is 2. The summed E-state index contributed by atoms with van der Waals surface area (Å²) < 4.78 is 36.0. The predicted octanol–water partition coefficient (Wildman–Crippen LogP) is 3.03. The minimum absolute atomic E-state index is 0.0985. The second kappa shape index (κ2) is 7.86. The largest absolute Gasteiger partial charge is 0.508 e. The molecule has 4 rings (SSSR count). The Hall–Kier alpha value is -3.53. The van der Waals surface area contributed by atoms with Crippen LogP contribution in [0.15, 0.2) is 50.5 Å². The topological polar surface area (TPSA) is 130 Å². The van der Waals surface area contributed by atoms with Crippen molar-refractivity contribution in [3.05, 3.63) is 52.3 Å². The summed E-state index contributed by atoms with van der Waals surface area (Å²) >= 11 is 0. The van der Waals surface area contributed by atoms with Crippen LogP contribution in [0.5, 0.6) is 17.2 Å². The van der Waals surface area contributed by atoms with Crippen LogP contribution in [0.3, 0.4) is 0 Å². The van der Waals surface area contributed by atoms with Gasteiger partial charge < -0.3 is 24.8 Å². The predicted molar refractivity (Wildman–Crippen MR) is 121 cm³/mol. The minimum atomic E-state index is -4.17. The second-order valence-electron chi connectivity index (χ2n) is 7.97.